The van der Waals surface area contributed by atoms with Crippen LogP contribution in [0.25, 0.3) is 0 Å². The van der Waals surface area contributed by atoms with Gasteiger partial charge in [-0.15, -0.1) is 0 Å². The van der Waals surface area contributed by atoms with Gasteiger partial charge in [-0.3, -0.25) is 4.79 Å². The number of rotatable bonds is 2. The summed E-state index contributed by atoms with van der Waals surface area (Å²) in [5.74, 6) is -0.523. The average Bonchev–Trinajstić information content (AvgIpc) is 2.28. The molecule has 1 aliphatic heterocycles. The zero-order valence-electron chi connectivity index (χ0n) is 10.3. The summed E-state index contributed by atoms with van der Waals surface area (Å²) < 4.78 is 14.5. The third-order valence-electron chi connectivity index (χ3n) is 2.55. The molecule has 0 N–H and O–H groups in total. The van der Waals surface area contributed by atoms with Crippen LogP contribution in [0.15, 0.2) is 18.2 Å². The lowest BCUT2D eigenvalue weighted by Crippen LogP contribution is -2.35. The van der Waals surface area contributed by atoms with Gasteiger partial charge in [-0.25, -0.2) is 4.79 Å². The first-order valence-electron chi connectivity index (χ1n) is 5.64. The van der Waals surface area contributed by atoms with Crippen molar-refractivity contribution in [2.45, 2.75) is 13.8 Å². The van der Waals surface area contributed by atoms with Crippen LogP contribution in [0.1, 0.15) is 11.1 Å². The highest BCUT2D eigenvalue weighted by molar-refractivity contribution is 5.77. The molecule has 18 heavy (non-hydrogen) atoms. The molecule has 0 radical (unpaired) electrons. The lowest BCUT2D eigenvalue weighted by atomic mass is 10.1. The minimum absolute atomic E-state index is 0.00244. The van der Waals surface area contributed by atoms with Crippen molar-refractivity contribution in [3.05, 3.63) is 29.3 Å². The van der Waals surface area contributed by atoms with Crippen molar-refractivity contribution >= 4 is 12.1 Å². The van der Waals surface area contributed by atoms with Crippen LogP contribution in [0.3, 0.4) is 0 Å². The second-order valence-corrected chi connectivity index (χ2v) is 4.31. The van der Waals surface area contributed by atoms with Crippen molar-refractivity contribution in [2.24, 2.45) is 5.92 Å². The van der Waals surface area contributed by atoms with Gasteiger partial charge in [0.2, 0.25) is 0 Å². The lowest BCUT2D eigenvalue weighted by molar-refractivity contribution is -0.145. The zero-order chi connectivity index (χ0) is 13.1. The smallest absolute Gasteiger partial charge is 0.433 e. The van der Waals surface area contributed by atoms with Crippen LogP contribution in [-0.2, 0) is 14.3 Å². The molecule has 0 saturated carbocycles. The van der Waals surface area contributed by atoms with Crippen molar-refractivity contribution in [3.63, 3.8) is 0 Å². The number of carbonyl (C=O) groups is 2. The van der Waals surface area contributed by atoms with Gasteiger partial charge in [-0.05, 0) is 37.1 Å². The van der Waals surface area contributed by atoms with E-state index in [4.69, 9.17) is 4.74 Å². The van der Waals surface area contributed by atoms with Crippen LogP contribution in [0.5, 0.6) is 5.75 Å². The quantitative estimate of drug-likeness (QED) is 0.593. The molecule has 1 fully saturated rings. The molecule has 5 nitrogen and oxygen atoms in total. The van der Waals surface area contributed by atoms with Crippen LogP contribution >= 0.6 is 0 Å². The van der Waals surface area contributed by atoms with Gasteiger partial charge < -0.3 is 14.2 Å². The predicted molar refractivity (Wildman–Crippen MR) is 62.3 cm³/mol. The molecule has 96 valence electrons. The highest BCUT2D eigenvalue weighted by Gasteiger charge is 2.29. The van der Waals surface area contributed by atoms with Crippen LogP contribution < -0.4 is 4.74 Å². The number of cyclic esters (lactones) is 2. The third kappa shape index (κ3) is 3.00. The molecule has 0 aromatic heterocycles. The SMILES string of the molecule is Cc1cc(C)cc(OC(=O)C2COC(=O)OC2)c1. The topological polar surface area (TPSA) is 61.8 Å². The van der Waals surface area contributed by atoms with Crippen molar-refractivity contribution < 1.29 is 23.8 Å². The van der Waals surface area contributed by atoms with E-state index in [1.54, 1.807) is 12.1 Å². The maximum Gasteiger partial charge on any atom is 0.508 e. The van der Waals surface area contributed by atoms with Gasteiger partial charge in [0.15, 0.2) is 0 Å². The second kappa shape index (κ2) is 5.08. The van der Waals surface area contributed by atoms with E-state index >= 15 is 0 Å². The van der Waals surface area contributed by atoms with Crippen LogP contribution in [0.2, 0.25) is 0 Å². The number of esters is 1. The number of ether oxygens (including phenoxy) is 3. The Kier molecular flexibility index (Phi) is 3.50. The Balaban J connectivity index is 2.00. The molecule has 0 atom stereocenters. The maximum atomic E-state index is 11.8. The van der Waals surface area contributed by atoms with E-state index in [1.807, 2.05) is 19.9 Å². The minimum Gasteiger partial charge on any atom is -0.433 e. The van der Waals surface area contributed by atoms with E-state index < -0.39 is 18.0 Å². The van der Waals surface area contributed by atoms with Crippen LogP contribution in [0.4, 0.5) is 4.79 Å². The predicted octanol–water partition coefficient (Wildman–Crippen LogP) is 1.99. The molecule has 0 unspecified atom stereocenters. The normalized spacial score (nSPS) is 15.8. The Hall–Kier alpha value is -2.04. The third-order valence-corrected chi connectivity index (χ3v) is 2.55. The van der Waals surface area contributed by atoms with Gasteiger partial charge in [0, 0.05) is 0 Å². The molecule has 1 aliphatic rings. The molecule has 0 aliphatic carbocycles. The monoisotopic (exact) mass is 250 g/mol. The number of carbonyl (C=O) groups excluding carboxylic acids is 2. The summed E-state index contributed by atoms with van der Waals surface area (Å²) in [6.07, 6.45) is -0.745. The summed E-state index contributed by atoms with van der Waals surface area (Å²) in [5.41, 5.74) is 2.04. The molecule has 0 bridgehead atoms. The van der Waals surface area contributed by atoms with Gasteiger partial charge in [0.1, 0.15) is 24.9 Å². The Labute approximate surface area is 105 Å². The molecular formula is C13H14O5. The summed E-state index contributed by atoms with van der Waals surface area (Å²) in [7, 11) is 0. The van der Waals surface area contributed by atoms with Crippen molar-refractivity contribution in [1.82, 2.24) is 0 Å². The minimum atomic E-state index is -0.745. The van der Waals surface area contributed by atoms with E-state index in [-0.39, 0.29) is 13.2 Å². The number of hydrogen-bond donors (Lipinski definition) is 0. The summed E-state index contributed by atoms with van der Waals surface area (Å²) in [4.78, 5) is 22.5. The van der Waals surface area contributed by atoms with Gasteiger partial charge in [-0.1, -0.05) is 6.07 Å². The Morgan fingerprint density at radius 2 is 1.72 bits per heavy atom. The van der Waals surface area contributed by atoms with E-state index in [1.165, 1.54) is 0 Å². The molecule has 1 aromatic rings. The van der Waals surface area contributed by atoms with E-state index in [0.717, 1.165) is 11.1 Å². The molecule has 1 aromatic carbocycles. The van der Waals surface area contributed by atoms with Gasteiger partial charge in [-0.2, -0.15) is 0 Å². The van der Waals surface area contributed by atoms with E-state index in [9.17, 15) is 9.59 Å². The number of benzene rings is 1. The van der Waals surface area contributed by atoms with E-state index in [0.29, 0.717) is 5.75 Å². The van der Waals surface area contributed by atoms with E-state index in [2.05, 4.69) is 9.47 Å². The summed E-state index contributed by atoms with van der Waals surface area (Å²) in [5, 5.41) is 0. The summed E-state index contributed by atoms with van der Waals surface area (Å²) in [6.45, 7) is 3.86. The zero-order valence-corrected chi connectivity index (χ0v) is 10.3. The highest BCUT2D eigenvalue weighted by Crippen LogP contribution is 2.18. The highest BCUT2D eigenvalue weighted by atomic mass is 16.7. The fraction of sp³-hybridized carbons (Fsp3) is 0.385. The largest absolute Gasteiger partial charge is 0.508 e. The molecule has 1 saturated heterocycles. The van der Waals surface area contributed by atoms with Crippen molar-refractivity contribution in [3.8, 4) is 5.75 Å². The molecular weight excluding hydrogens is 236 g/mol. The standard InChI is InChI=1S/C13H14O5/c1-8-3-9(2)5-11(4-8)18-12(14)10-6-16-13(15)17-7-10/h3-5,10H,6-7H2,1-2H3. The first kappa shape index (κ1) is 12.4. The van der Waals surface area contributed by atoms with Crippen molar-refractivity contribution in [2.75, 3.05) is 13.2 Å². The first-order valence-corrected chi connectivity index (χ1v) is 5.64. The van der Waals surface area contributed by atoms with Crippen LogP contribution in [0, 0.1) is 19.8 Å². The Morgan fingerprint density at radius 1 is 1.17 bits per heavy atom. The number of aryl methyl sites for hydroxylation is 2. The molecule has 1 heterocycles. The molecule has 0 spiro atoms. The Morgan fingerprint density at radius 3 is 2.28 bits per heavy atom. The second-order valence-electron chi connectivity index (χ2n) is 4.31. The first-order chi connectivity index (χ1) is 8.54. The summed E-state index contributed by atoms with van der Waals surface area (Å²) in [6, 6.07) is 5.55. The molecule has 2 rings (SSSR count). The maximum absolute atomic E-state index is 11.8. The molecule has 0 amide bonds. The van der Waals surface area contributed by atoms with Crippen LogP contribution in [-0.4, -0.2) is 25.3 Å². The Bertz CT molecular complexity index is 450. The lowest BCUT2D eigenvalue weighted by Gasteiger charge is -2.20. The van der Waals surface area contributed by atoms with Crippen molar-refractivity contribution in [1.29, 1.82) is 0 Å². The van der Waals surface area contributed by atoms with Gasteiger partial charge in [0.25, 0.3) is 0 Å². The van der Waals surface area contributed by atoms with Gasteiger partial charge in [0.05, 0.1) is 0 Å². The fourth-order valence-electron chi connectivity index (χ4n) is 1.75. The summed E-state index contributed by atoms with van der Waals surface area (Å²) >= 11 is 0. The molecule has 5 heteroatoms. The number of hydrogen-bond acceptors (Lipinski definition) is 5. The average molecular weight is 250 g/mol. The fourth-order valence-corrected chi connectivity index (χ4v) is 1.75. The van der Waals surface area contributed by atoms with Gasteiger partial charge >= 0.3 is 12.1 Å².